The molecule has 5 nitrogen and oxygen atoms in total. The Labute approximate surface area is 135 Å². The molecule has 3 aromatic heterocycles. The third-order valence-corrected chi connectivity index (χ3v) is 4.85. The summed E-state index contributed by atoms with van der Waals surface area (Å²) in [4.78, 5) is 2.45. The Morgan fingerprint density at radius 2 is 2.17 bits per heavy atom. The third kappa shape index (κ3) is 2.62. The van der Waals surface area contributed by atoms with E-state index in [9.17, 15) is 5.26 Å². The monoisotopic (exact) mass is 305 g/mol. The molecule has 1 aliphatic heterocycles. The van der Waals surface area contributed by atoms with Gasteiger partial charge in [-0.15, -0.1) is 0 Å². The van der Waals surface area contributed by atoms with Gasteiger partial charge in [-0.1, -0.05) is 6.07 Å². The van der Waals surface area contributed by atoms with Gasteiger partial charge in [0.25, 0.3) is 0 Å². The zero-order valence-corrected chi connectivity index (χ0v) is 12.9. The number of pyridine rings is 1. The van der Waals surface area contributed by atoms with E-state index in [1.165, 1.54) is 5.56 Å². The number of aromatic amines is 1. The highest BCUT2D eigenvalue weighted by molar-refractivity contribution is 5.65. The second-order valence-corrected chi connectivity index (χ2v) is 6.22. The quantitative estimate of drug-likeness (QED) is 0.809. The van der Waals surface area contributed by atoms with E-state index in [0.717, 1.165) is 49.1 Å². The van der Waals surface area contributed by atoms with Crippen LogP contribution in [-0.4, -0.2) is 32.6 Å². The van der Waals surface area contributed by atoms with Crippen molar-refractivity contribution in [1.82, 2.24) is 19.5 Å². The molecule has 0 aliphatic carbocycles. The van der Waals surface area contributed by atoms with Gasteiger partial charge in [-0.2, -0.15) is 10.4 Å². The average Bonchev–Trinajstić information content (AvgIpc) is 3.23. The number of fused-ring (bicyclic) bond motifs is 1. The van der Waals surface area contributed by atoms with Crippen LogP contribution in [0.5, 0.6) is 0 Å². The van der Waals surface area contributed by atoms with Crippen LogP contribution in [-0.2, 0) is 6.54 Å². The molecule has 0 bridgehead atoms. The van der Waals surface area contributed by atoms with Gasteiger partial charge in [0.15, 0.2) is 0 Å². The number of H-pyrrole nitrogens is 1. The second kappa shape index (κ2) is 5.90. The van der Waals surface area contributed by atoms with Crippen molar-refractivity contribution in [2.24, 2.45) is 0 Å². The lowest BCUT2D eigenvalue weighted by Gasteiger charge is -2.31. The minimum absolute atomic E-state index is 0.605. The van der Waals surface area contributed by atoms with Crippen molar-refractivity contribution in [2.45, 2.75) is 25.3 Å². The predicted molar refractivity (Wildman–Crippen MR) is 88.0 cm³/mol. The number of likely N-dealkylation sites (tertiary alicyclic amines) is 1. The summed E-state index contributed by atoms with van der Waals surface area (Å²) in [5, 5.41) is 16.5. The fourth-order valence-corrected chi connectivity index (χ4v) is 3.58. The molecule has 0 radical (unpaired) electrons. The van der Waals surface area contributed by atoms with Crippen molar-refractivity contribution in [2.75, 3.05) is 13.1 Å². The zero-order valence-electron chi connectivity index (χ0n) is 12.9. The number of nitrogens with zero attached hydrogens (tertiary/aromatic N) is 4. The van der Waals surface area contributed by atoms with Crippen LogP contribution >= 0.6 is 0 Å². The van der Waals surface area contributed by atoms with Crippen LogP contribution in [0.25, 0.3) is 5.52 Å². The molecule has 1 aliphatic rings. The topological polar surface area (TPSA) is 60.1 Å². The number of aromatic nitrogens is 3. The molecule has 5 heteroatoms. The summed E-state index contributed by atoms with van der Waals surface area (Å²) in [6.45, 7) is 2.97. The van der Waals surface area contributed by atoms with Crippen LogP contribution in [0.3, 0.4) is 0 Å². The molecule has 1 saturated heterocycles. The van der Waals surface area contributed by atoms with Gasteiger partial charge in [-0.3, -0.25) is 10.00 Å². The van der Waals surface area contributed by atoms with Gasteiger partial charge in [0.2, 0.25) is 0 Å². The first kappa shape index (κ1) is 14.0. The second-order valence-electron chi connectivity index (χ2n) is 6.22. The van der Waals surface area contributed by atoms with Gasteiger partial charge in [0.05, 0.1) is 17.3 Å². The van der Waals surface area contributed by atoms with E-state index in [2.05, 4.69) is 27.4 Å². The number of piperidine rings is 1. The molecular formula is C18H19N5. The maximum Gasteiger partial charge on any atom is 0.102 e. The molecule has 0 amide bonds. The molecule has 4 rings (SSSR count). The molecular weight excluding hydrogens is 286 g/mol. The van der Waals surface area contributed by atoms with Crippen LogP contribution in [0, 0.1) is 11.3 Å². The Kier molecular flexibility index (Phi) is 3.60. The maximum atomic E-state index is 9.51. The highest BCUT2D eigenvalue weighted by atomic mass is 15.1. The number of nitriles is 1. The molecule has 0 unspecified atom stereocenters. The standard InChI is InChI=1S/C18H19N5/c19-9-17-16(13-23-6-2-1-3-18(17)23)12-22-7-4-14(5-8-22)15-10-20-21-11-15/h1-3,6,10-11,13-14H,4-5,7-8,12H2,(H,20,21). The number of nitrogens with one attached hydrogen (secondary N) is 1. The van der Waals surface area contributed by atoms with Crippen molar-refractivity contribution < 1.29 is 0 Å². The first-order valence-corrected chi connectivity index (χ1v) is 8.05. The van der Waals surface area contributed by atoms with Crippen molar-refractivity contribution in [3.63, 3.8) is 0 Å². The summed E-state index contributed by atoms with van der Waals surface area (Å²) in [6.07, 6.45) is 10.3. The predicted octanol–water partition coefficient (Wildman–Crippen LogP) is 2.91. The lowest BCUT2D eigenvalue weighted by atomic mass is 9.91. The minimum atomic E-state index is 0.605. The first-order chi connectivity index (χ1) is 11.3. The Morgan fingerprint density at radius 3 is 2.91 bits per heavy atom. The molecule has 0 atom stereocenters. The SMILES string of the molecule is N#Cc1c(CN2CCC(c3cn[nH]c3)CC2)cn2ccccc12. The Morgan fingerprint density at radius 1 is 1.30 bits per heavy atom. The van der Waals surface area contributed by atoms with Crippen LogP contribution < -0.4 is 0 Å². The van der Waals surface area contributed by atoms with E-state index in [1.807, 2.05) is 41.2 Å². The largest absolute Gasteiger partial charge is 0.322 e. The third-order valence-electron chi connectivity index (χ3n) is 4.85. The Hall–Kier alpha value is -2.58. The number of rotatable bonds is 3. The fourth-order valence-electron chi connectivity index (χ4n) is 3.58. The molecule has 23 heavy (non-hydrogen) atoms. The van der Waals surface area contributed by atoms with Crippen molar-refractivity contribution in [3.8, 4) is 6.07 Å². The average molecular weight is 305 g/mol. The van der Waals surface area contributed by atoms with E-state index in [-0.39, 0.29) is 0 Å². The Bertz CT molecular complexity index is 832. The van der Waals surface area contributed by atoms with Gasteiger partial charge in [-0.25, -0.2) is 0 Å². The minimum Gasteiger partial charge on any atom is -0.322 e. The first-order valence-electron chi connectivity index (χ1n) is 8.05. The van der Waals surface area contributed by atoms with Crippen LogP contribution in [0.2, 0.25) is 0 Å². The summed E-state index contributed by atoms with van der Waals surface area (Å²) in [5.74, 6) is 0.605. The molecule has 0 spiro atoms. The Balaban J connectivity index is 1.48. The van der Waals surface area contributed by atoms with E-state index in [4.69, 9.17) is 0 Å². The summed E-state index contributed by atoms with van der Waals surface area (Å²) < 4.78 is 2.05. The smallest absolute Gasteiger partial charge is 0.102 e. The molecule has 4 heterocycles. The normalized spacial score (nSPS) is 16.7. The van der Waals surface area contributed by atoms with E-state index < -0.39 is 0 Å². The molecule has 1 N–H and O–H groups in total. The lowest BCUT2D eigenvalue weighted by molar-refractivity contribution is 0.204. The molecule has 3 aromatic rings. The molecule has 116 valence electrons. The van der Waals surface area contributed by atoms with E-state index in [1.54, 1.807) is 0 Å². The highest BCUT2D eigenvalue weighted by Gasteiger charge is 2.22. The van der Waals surface area contributed by atoms with Gasteiger partial charge < -0.3 is 4.40 Å². The number of hydrogen-bond donors (Lipinski definition) is 1. The van der Waals surface area contributed by atoms with Gasteiger partial charge in [0, 0.05) is 30.7 Å². The van der Waals surface area contributed by atoms with Crippen molar-refractivity contribution >= 4 is 5.52 Å². The van der Waals surface area contributed by atoms with Crippen molar-refractivity contribution in [1.29, 1.82) is 5.26 Å². The summed E-state index contributed by atoms with van der Waals surface area (Å²) in [5.41, 5.74) is 4.25. The molecule has 1 fully saturated rings. The van der Waals surface area contributed by atoms with Gasteiger partial charge in [-0.05, 0) is 49.5 Å². The summed E-state index contributed by atoms with van der Waals surface area (Å²) >= 11 is 0. The highest BCUT2D eigenvalue weighted by Crippen LogP contribution is 2.28. The van der Waals surface area contributed by atoms with Crippen LogP contribution in [0.15, 0.2) is 43.0 Å². The fraction of sp³-hybridized carbons (Fsp3) is 0.333. The zero-order chi connectivity index (χ0) is 15.6. The van der Waals surface area contributed by atoms with Crippen LogP contribution in [0.4, 0.5) is 0 Å². The summed E-state index contributed by atoms with van der Waals surface area (Å²) in [7, 11) is 0. The van der Waals surface area contributed by atoms with E-state index >= 15 is 0 Å². The molecule has 0 aromatic carbocycles. The van der Waals surface area contributed by atoms with Gasteiger partial charge in [0.1, 0.15) is 6.07 Å². The van der Waals surface area contributed by atoms with Gasteiger partial charge >= 0.3 is 0 Å². The van der Waals surface area contributed by atoms with Crippen molar-refractivity contribution in [3.05, 3.63) is 59.7 Å². The summed E-state index contributed by atoms with van der Waals surface area (Å²) in [6, 6.07) is 8.36. The number of hydrogen-bond acceptors (Lipinski definition) is 3. The maximum absolute atomic E-state index is 9.51. The molecule has 0 saturated carbocycles. The van der Waals surface area contributed by atoms with E-state index in [0.29, 0.717) is 5.92 Å². The lowest BCUT2D eigenvalue weighted by Crippen LogP contribution is -2.32. The van der Waals surface area contributed by atoms with Crippen LogP contribution in [0.1, 0.15) is 35.4 Å².